The largest absolute Gasteiger partial charge is 0.431 e. The van der Waals surface area contributed by atoms with Gasteiger partial charge in [-0.25, -0.2) is 8.42 Å². The molecule has 0 bridgehead atoms. The number of hydrogen-bond acceptors (Lipinski definition) is 4. The number of nitrogens with one attached hydrogen (secondary N) is 1. The number of carbonyl (C=O) groups is 1. The molecule has 2 aromatic rings. The van der Waals surface area contributed by atoms with Crippen LogP contribution in [0.25, 0.3) is 10.9 Å². The molecule has 152 valence electrons. The van der Waals surface area contributed by atoms with Gasteiger partial charge in [-0.05, 0) is 25.5 Å². The number of pyridine rings is 1. The first kappa shape index (κ1) is 20.4. The van der Waals surface area contributed by atoms with Crippen LogP contribution in [0.1, 0.15) is 17.7 Å². The predicted molar refractivity (Wildman–Crippen MR) is 97.7 cm³/mol. The van der Waals surface area contributed by atoms with Crippen LogP contribution in [0.4, 0.5) is 13.2 Å². The van der Waals surface area contributed by atoms with Crippen LogP contribution in [0.3, 0.4) is 0 Å². The maximum Gasteiger partial charge on any atom is 0.431 e. The molecule has 1 aliphatic rings. The van der Waals surface area contributed by atoms with Gasteiger partial charge >= 0.3 is 6.18 Å². The number of hydrogen-bond donors (Lipinski definition) is 1. The number of alkyl halides is 3. The molecule has 1 aliphatic heterocycles. The van der Waals surface area contributed by atoms with Crippen molar-refractivity contribution in [3.8, 4) is 0 Å². The van der Waals surface area contributed by atoms with Crippen LogP contribution in [0.15, 0.2) is 29.1 Å². The first-order valence-corrected chi connectivity index (χ1v) is 10.5. The highest BCUT2D eigenvalue weighted by Gasteiger charge is 2.35. The SMILES string of the molecule is Cc1ccc2c(c1)c(=O)cc(C(F)(F)F)n2CCNC(=O)[C@@H]1CCS(=O)(=O)C1. The second-order valence-corrected chi connectivity index (χ2v) is 9.18. The number of benzene rings is 1. The van der Waals surface area contributed by atoms with Gasteiger partial charge in [0.1, 0.15) is 5.69 Å². The number of sulfone groups is 1. The lowest BCUT2D eigenvalue weighted by atomic mass is 10.1. The van der Waals surface area contributed by atoms with E-state index in [0.29, 0.717) is 6.07 Å². The molecule has 0 aliphatic carbocycles. The Morgan fingerprint density at radius 3 is 2.61 bits per heavy atom. The minimum Gasteiger partial charge on any atom is -0.354 e. The van der Waals surface area contributed by atoms with E-state index in [1.807, 2.05) is 0 Å². The van der Waals surface area contributed by atoms with E-state index < -0.39 is 39.0 Å². The van der Waals surface area contributed by atoms with Gasteiger partial charge in [0.25, 0.3) is 0 Å². The zero-order chi connectivity index (χ0) is 20.7. The predicted octanol–water partition coefficient (Wildman–Crippen LogP) is 1.88. The third-order valence-corrected chi connectivity index (χ3v) is 6.56. The monoisotopic (exact) mass is 416 g/mol. The van der Waals surface area contributed by atoms with Gasteiger partial charge in [0.15, 0.2) is 15.3 Å². The maximum absolute atomic E-state index is 13.4. The fraction of sp³-hybridized carbons (Fsp3) is 0.444. The van der Waals surface area contributed by atoms with E-state index in [1.165, 1.54) is 12.1 Å². The molecule has 3 rings (SSSR count). The summed E-state index contributed by atoms with van der Waals surface area (Å²) in [5.41, 5.74) is -0.941. The molecule has 0 spiro atoms. The van der Waals surface area contributed by atoms with Crippen LogP contribution < -0.4 is 10.7 Å². The molecule has 1 aromatic carbocycles. The standard InChI is InChI=1S/C18H19F3N2O4S/c1-11-2-3-14-13(8-11)15(24)9-16(18(19,20)21)23(14)6-5-22-17(25)12-4-7-28(26,27)10-12/h2-3,8-9,12H,4-7,10H2,1H3,(H,22,25)/t12-/m1/s1. The molecule has 2 heterocycles. The number of nitrogens with zero attached hydrogens (tertiary/aromatic N) is 1. The van der Waals surface area contributed by atoms with Crippen LogP contribution in [-0.4, -0.2) is 36.9 Å². The van der Waals surface area contributed by atoms with E-state index in [2.05, 4.69) is 5.32 Å². The summed E-state index contributed by atoms with van der Waals surface area (Å²) in [7, 11) is -3.23. The molecule has 1 aromatic heterocycles. The molecular formula is C18H19F3N2O4S. The minimum atomic E-state index is -4.73. The summed E-state index contributed by atoms with van der Waals surface area (Å²) in [6, 6.07) is 5.15. The minimum absolute atomic E-state index is 0.0625. The zero-order valence-electron chi connectivity index (χ0n) is 15.0. The summed E-state index contributed by atoms with van der Waals surface area (Å²) in [5.74, 6) is -1.48. The Labute approximate surface area is 159 Å². The quantitative estimate of drug-likeness (QED) is 0.825. The van der Waals surface area contributed by atoms with Gasteiger partial charge in [-0.3, -0.25) is 9.59 Å². The Bertz CT molecular complexity index is 1090. The molecule has 1 fully saturated rings. The van der Waals surface area contributed by atoms with Crippen molar-refractivity contribution in [2.75, 3.05) is 18.1 Å². The van der Waals surface area contributed by atoms with Crippen molar-refractivity contribution in [2.24, 2.45) is 5.92 Å². The lowest BCUT2D eigenvalue weighted by Gasteiger charge is -2.19. The normalized spacial score (nSPS) is 19.1. The topological polar surface area (TPSA) is 85.2 Å². The Balaban J connectivity index is 1.86. The molecule has 0 saturated carbocycles. The van der Waals surface area contributed by atoms with E-state index >= 15 is 0 Å². The van der Waals surface area contributed by atoms with Crippen molar-refractivity contribution in [2.45, 2.75) is 26.1 Å². The fourth-order valence-electron chi connectivity index (χ4n) is 3.41. The summed E-state index contributed by atoms with van der Waals surface area (Å²) < 4.78 is 64.2. The molecule has 6 nitrogen and oxygen atoms in total. The van der Waals surface area contributed by atoms with Gasteiger partial charge in [0.2, 0.25) is 5.91 Å². The maximum atomic E-state index is 13.4. The Kier molecular flexibility index (Phi) is 5.26. The Hall–Kier alpha value is -2.36. The fourth-order valence-corrected chi connectivity index (χ4v) is 5.15. The first-order chi connectivity index (χ1) is 13.0. The molecule has 1 atom stereocenters. The summed E-state index contributed by atoms with van der Waals surface area (Å²) >= 11 is 0. The van der Waals surface area contributed by atoms with Crippen molar-refractivity contribution in [1.82, 2.24) is 9.88 Å². The van der Waals surface area contributed by atoms with E-state index in [1.54, 1.807) is 13.0 Å². The van der Waals surface area contributed by atoms with Gasteiger partial charge < -0.3 is 9.88 Å². The highest BCUT2D eigenvalue weighted by Crippen LogP contribution is 2.30. The van der Waals surface area contributed by atoms with Crippen LogP contribution in [0.5, 0.6) is 0 Å². The van der Waals surface area contributed by atoms with Crippen LogP contribution >= 0.6 is 0 Å². The second kappa shape index (κ2) is 7.23. The van der Waals surface area contributed by atoms with Crippen molar-refractivity contribution in [1.29, 1.82) is 0 Å². The van der Waals surface area contributed by atoms with Crippen molar-refractivity contribution < 1.29 is 26.4 Å². The first-order valence-electron chi connectivity index (χ1n) is 8.67. The van der Waals surface area contributed by atoms with Gasteiger partial charge in [-0.2, -0.15) is 13.2 Å². The van der Waals surface area contributed by atoms with Crippen LogP contribution in [-0.2, 0) is 27.4 Å². The third-order valence-electron chi connectivity index (χ3n) is 4.80. The van der Waals surface area contributed by atoms with E-state index in [0.717, 1.165) is 10.1 Å². The van der Waals surface area contributed by atoms with Gasteiger partial charge in [-0.15, -0.1) is 0 Å². The molecule has 1 amide bonds. The number of amides is 1. The number of halogens is 3. The lowest BCUT2D eigenvalue weighted by molar-refractivity contribution is -0.143. The molecule has 0 radical (unpaired) electrons. The number of carbonyl (C=O) groups excluding carboxylic acids is 1. The van der Waals surface area contributed by atoms with Crippen molar-refractivity contribution >= 4 is 26.6 Å². The highest BCUT2D eigenvalue weighted by molar-refractivity contribution is 7.91. The summed E-state index contributed by atoms with van der Waals surface area (Å²) in [6.45, 7) is 1.40. The van der Waals surface area contributed by atoms with Gasteiger partial charge in [-0.1, -0.05) is 11.6 Å². The zero-order valence-corrected chi connectivity index (χ0v) is 15.9. The number of aromatic nitrogens is 1. The van der Waals surface area contributed by atoms with Gasteiger partial charge in [0, 0.05) is 24.5 Å². The number of fused-ring (bicyclic) bond motifs is 1. The summed E-state index contributed by atoms with van der Waals surface area (Å²) in [6.07, 6.45) is -4.52. The van der Waals surface area contributed by atoms with E-state index in [-0.39, 0.29) is 41.9 Å². The third kappa shape index (κ3) is 4.21. The Morgan fingerprint density at radius 1 is 1.29 bits per heavy atom. The highest BCUT2D eigenvalue weighted by atomic mass is 32.2. The van der Waals surface area contributed by atoms with E-state index in [9.17, 15) is 31.2 Å². The Morgan fingerprint density at radius 2 is 2.00 bits per heavy atom. The molecule has 0 unspecified atom stereocenters. The van der Waals surface area contributed by atoms with Crippen LogP contribution in [0.2, 0.25) is 0 Å². The summed E-state index contributed by atoms with van der Waals surface area (Å²) in [4.78, 5) is 24.2. The van der Waals surface area contributed by atoms with Crippen molar-refractivity contribution in [3.05, 3.63) is 45.7 Å². The average Bonchev–Trinajstić information content (AvgIpc) is 2.96. The molecule has 1 N–H and O–H groups in total. The number of aryl methyl sites for hydroxylation is 1. The average molecular weight is 416 g/mol. The van der Waals surface area contributed by atoms with Crippen molar-refractivity contribution in [3.63, 3.8) is 0 Å². The van der Waals surface area contributed by atoms with Crippen LogP contribution in [0, 0.1) is 12.8 Å². The van der Waals surface area contributed by atoms with Gasteiger partial charge in [0.05, 0.1) is 22.9 Å². The van der Waals surface area contributed by atoms with E-state index in [4.69, 9.17) is 0 Å². The second-order valence-electron chi connectivity index (χ2n) is 6.95. The lowest BCUT2D eigenvalue weighted by Crippen LogP contribution is -2.34. The molecular weight excluding hydrogens is 397 g/mol. The number of rotatable bonds is 4. The smallest absolute Gasteiger partial charge is 0.354 e. The molecule has 1 saturated heterocycles. The molecule has 28 heavy (non-hydrogen) atoms. The summed E-state index contributed by atoms with van der Waals surface area (Å²) in [5, 5.41) is 2.68. The molecule has 10 heteroatoms.